The molecule has 0 aliphatic rings. The summed E-state index contributed by atoms with van der Waals surface area (Å²) in [6.45, 7) is 5.86. The maximum atomic E-state index is 13.5. The fraction of sp³-hybridized carbons (Fsp3) is 0.118. The van der Waals surface area contributed by atoms with Crippen molar-refractivity contribution in [2.24, 2.45) is 0 Å². The number of hydrogen-bond donors (Lipinski definition) is 2. The van der Waals surface area contributed by atoms with Crippen LogP contribution in [0.2, 0.25) is 0 Å². The van der Waals surface area contributed by atoms with Gasteiger partial charge in [-0.1, -0.05) is 6.08 Å². The van der Waals surface area contributed by atoms with E-state index in [0.717, 1.165) is 14.8 Å². The summed E-state index contributed by atoms with van der Waals surface area (Å²) < 4.78 is 14.6. The van der Waals surface area contributed by atoms with Gasteiger partial charge in [0.05, 0.1) is 11.3 Å². The van der Waals surface area contributed by atoms with Crippen LogP contribution in [-0.2, 0) is 0 Å². The molecule has 0 bridgehead atoms. The van der Waals surface area contributed by atoms with Crippen molar-refractivity contribution in [1.82, 2.24) is 5.32 Å². The number of halogens is 2. The van der Waals surface area contributed by atoms with Gasteiger partial charge in [0.2, 0.25) is 0 Å². The Labute approximate surface area is 142 Å². The number of benzene rings is 2. The van der Waals surface area contributed by atoms with Crippen molar-refractivity contribution in [3.05, 3.63) is 69.6 Å². The van der Waals surface area contributed by atoms with E-state index in [4.69, 9.17) is 0 Å². The highest BCUT2D eigenvalue weighted by molar-refractivity contribution is 14.1. The van der Waals surface area contributed by atoms with Crippen molar-refractivity contribution < 1.29 is 9.18 Å². The average Bonchev–Trinajstić information content (AvgIpc) is 2.49. The molecule has 5 heteroatoms. The summed E-state index contributed by atoms with van der Waals surface area (Å²) in [5.74, 6) is -0.793. The van der Waals surface area contributed by atoms with E-state index in [2.05, 4.69) is 39.8 Å². The number of carbonyl (C=O) groups is 1. The zero-order valence-electron chi connectivity index (χ0n) is 12.1. The maximum Gasteiger partial charge on any atom is 0.253 e. The first-order valence-corrected chi connectivity index (χ1v) is 7.81. The van der Waals surface area contributed by atoms with Gasteiger partial charge in [-0.25, -0.2) is 4.39 Å². The van der Waals surface area contributed by atoms with E-state index in [1.54, 1.807) is 12.1 Å². The van der Waals surface area contributed by atoms with Crippen LogP contribution in [0.1, 0.15) is 15.9 Å². The number of hydrogen-bond acceptors (Lipinski definition) is 2. The third kappa shape index (κ3) is 4.07. The van der Waals surface area contributed by atoms with Gasteiger partial charge in [0.1, 0.15) is 5.82 Å². The minimum Gasteiger partial charge on any atom is -0.355 e. The highest BCUT2D eigenvalue weighted by Gasteiger charge is 2.13. The molecule has 0 aliphatic heterocycles. The Morgan fingerprint density at radius 1 is 1.27 bits per heavy atom. The van der Waals surface area contributed by atoms with Gasteiger partial charge >= 0.3 is 0 Å². The van der Waals surface area contributed by atoms with Crippen molar-refractivity contribution in [3.63, 3.8) is 0 Å². The second-order valence-corrected chi connectivity index (χ2v) is 6.02. The molecule has 0 heterocycles. The lowest BCUT2D eigenvalue weighted by atomic mass is 10.1. The maximum absolute atomic E-state index is 13.5. The van der Waals surface area contributed by atoms with Crippen LogP contribution in [0.15, 0.2) is 49.1 Å². The molecule has 2 rings (SSSR count). The largest absolute Gasteiger partial charge is 0.355 e. The molecule has 0 saturated carbocycles. The average molecular weight is 410 g/mol. The van der Waals surface area contributed by atoms with Gasteiger partial charge in [0, 0.05) is 15.8 Å². The molecule has 3 nitrogen and oxygen atoms in total. The van der Waals surface area contributed by atoms with Crippen LogP contribution in [0, 0.1) is 16.3 Å². The fourth-order valence-electron chi connectivity index (χ4n) is 1.99. The van der Waals surface area contributed by atoms with E-state index in [9.17, 15) is 9.18 Å². The second kappa shape index (κ2) is 7.40. The van der Waals surface area contributed by atoms with Crippen molar-refractivity contribution in [2.45, 2.75) is 6.92 Å². The summed E-state index contributed by atoms with van der Waals surface area (Å²) in [6.07, 6.45) is 1.58. The molecule has 0 radical (unpaired) electrons. The molecule has 0 spiro atoms. The standard InChI is InChI=1S/C17H16FIN2O/c1-3-8-20-17(22)14-10-12(18)4-6-16(14)21-15-7-5-13(19)9-11(15)2/h3-7,9-10,21H,1,8H2,2H3,(H,20,22). The fourth-order valence-corrected chi connectivity index (χ4v) is 2.63. The Balaban J connectivity index is 2.34. The topological polar surface area (TPSA) is 41.1 Å². The SMILES string of the molecule is C=CCNC(=O)c1cc(F)ccc1Nc1ccc(I)cc1C. The highest BCUT2D eigenvalue weighted by atomic mass is 127. The summed E-state index contributed by atoms with van der Waals surface area (Å²) in [5, 5.41) is 5.86. The Morgan fingerprint density at radius 3 is 2.68 bits per heavy atom. The highest BCUT2D eigenvalue weighted by Crippen LogP contribution is 2.25. The number of anilines is 2. The van der Waals surface area contributed by atoms with E-state index in [1.807, 2.05) is 25.1 Å². The monoisotopic (exact) mass is 410 g/mol. The van der Waals surface area contributed by atoms with Crippen LogP contribution >= 0.6 is 22.6 Å². The summed E-state index contributed by atoms with van der Waals surface area (Å²) >= 11 is 2.24. The third-order valence-corrected chi connectivity index (χ3v) is 3.76. The van der Waals surface area contributed by atoms with E-state index in [1.165, 1.54) is 12.1 Å². The molecule has 0 saturated heterocycles. The van der Waals surface area contributed by atoms with Gasteiger partial charge in [-0.3, -0.25) is 4.79 Å². The molecule has 0 fully saturated rings. The van der Waals surface area contributed by atoms with Crippen LogP contribution < -0.4 is 10.6 Å². The Bertz CT molecular complexity index is 716. The van der Waals surface area contributed by atoms with Gasteiger partial charge in [-0.15, -0.1) is 6.58 Å². The number of amides is 1. The first-order valence-electron chi connectivity index (χ1n) is 6.73. The van der Waals surface area contributed by atoms with Crippen LogP contribution in [0.5, 0.6) is 0 Å². The number of rotatable bonds is 5. The molecule has 2 aromatic carbocycles. The van der Waals surface area contributed by atoms with Crippen molar-refractivity contribution in [3.8, 4) is 0 Å². The van der Waals surface area contributed by atoms with Gasteiger partial charge in [0.15, 0.2) is 0 Å². The molecule has 1 amide bonds. The zero-order chi connectivity index (χ0) is 16.1. The smallest absolute Gasteiger partial charge is 0.253 e. The third-order valence-electron chi connectivity index (χ3n) is 3.09. The Morgan fingerprint density at radius 2 is 2.00 bits per heavy atom. The number of nitrogens with one attached hydrogen (secondary N) is 2. The molecular formula is C17H16FIN2O. The van der Waals surface area contributed by atoms with E-state index >= 15 is 0 Å². The molecule has 0 aliphatic carbocycles. The van der Waals surface area contributed by atoms with E-state index in [0.29, 0.717) is 12.2 Å². The minimum atomic E-state index is -0.450. The molecule has 114 valence electrons. The van der Waals surface area contributed by atoms with Crippen molar-refractivity contribution in [2.75, 3.05) is 11.9 Å². The van der Waals surface area contributed by atoms with E-state index < -0.39 is 5.82 Å². The molecule has 0 unspecified atom stereocenters. The molecule has 22 heavy (non-hydrogen) atoms. The lowest BCUT2D eigenvalue weighted by Gasteiger charge is -2.14. The van der Waals surface area contributed by atoms with Gasteiger partial charge in [0.25, 0.3) is 5.91 Å². The van der Waals surface area contributed by atoms with Crippen LogP contribution in [0.4, 0.5) is 15.8 Å². The van der Waals surface area contributed by atoms with Gasteiger partial charge in [-0.05, 0) is 71.5 Å². The molecule has 0 atom stereocenters. The zero-order valence-corrected chi connectivity index (χ0v) is 14.3. The molecular weight excluding hydrogens is 394 g/mol. The predicted molar refractivity (Wildman–Crippen MR) is 96.1 cm³/mol. The van der Waals surface area contributed by atoms with Crippen molar-refractivity contribution >= 4 is 39.9 Å². The summed E-state index contributed by atoms with van der Waals surface area (Å²) in [7, 11) is 0. The van der Waals surface area contributed by atoms with Gasteiger partial charge in [-0.2, -0.15) is 0 Å². The van der Waals surface area contributed by atoms with Crippen LogP contribution in [0.25, 0.3) is 0 Å². The molecule has 2 N–H and O–H groups in total. The molecule has 0 aromatic heterocycles. The van der Waals surface area contributed by atoms with E-state index in [-0.39, 0.29) is 11.5 Å². The first-order chi connectivity index (χ1) is 10.5. The normalized spacial score (nSPS) is 10.1. The van der Waals surface area contributed by atoms with Crippen molar-refractivity contribution in [1.29, 1.82) is 0 Å². The predicted octanol–water partition coefficient (Wildman–Crippen LogP) is 4.40. The first kappa shape index (κ1) is 16.5. The summed E-state index contributed by atoms with van der Waals surface area (Å²) in [5.41, 5.74) is 2.76. The number of carbonyl (C=O) groups excluding carboxylic acids is 1. The quantitative estimate of drug-likeness (QED) is 0.567. The van der Waals surface area contributed by atoms with Gasteiger partial charge < -0.3 is 10.6 Å². The van der Waals surface area contributed by atoms with Crippen LogP contribution in [-0.4, -0.2) is 12.5 Å². The molecule has 2 aromatic rings. The summed E-state index contributed by atoms with van der Waals surface area (Å²) in [4.78, 5) is 12.1. The van der Waals surface area contributed by atoms with Crippen LogP contribution in [0.3, 0.4) is 0 Å². The Hall–Kier alpha value is -1.89. The second-order valence-electron chi connectivity index (χ2n) is 4.77. The minimum absolute atomic E-state index is 0.264. The summed E-state index contributed by atoms with van der Waals surface area (Å²) in [6, 6.07) is 10.1. The lowest BCUT2D eigenvalue weighted by Crippen LogP contribution is -2.24. The Kier molecular flexibility index (Phi) is 5.54. The number of aryl methyl sites for hydroxylation is 1. The lowest BCUT2D eigenvalue weighted by molar-refractivity contribution is 0.0958.